The number of likely N-dealkylation sites (N-methyl/N-ethyl adjacent to an activating group) is 2. The number of hydrogen-bond donors (Lipinski definition) is 1. The fourth-order valence-corrected chi connectivity index (χ4v) is 1.76. The Morgan fingerprint density at radius 2 is 2.15 bits per heavy atom. The molecule has 0 spiro atoms. The van der Waals surface area contributed by atoms with Gasteiger partial charge in [0.05, 0.1) is 6.10 Å². The van der Waals surface area contributed by atoms with Gasteiger partial charge in [0.2, 0.25) is 0 Å². The molecule has 0 radical (unpaired) electrons. The van der Waals surface area contributed by atoms with E-state index in [1.807, 2.05) is 7.05 Å². The van der Waals surface area contributed by atoms with Crippen molar-refractivity contribution in [3.63, 3.8) is 0 Å². The van der Waals surface area contributed by atoms with Gasteiger partial charge in [0, 0.05) is 25.7 Å². The van der Waals surface area contributed by atoms with Gasteiger partial charge in [0.1, 0.15) is 0 Å². The van der Waals surface area contributed by atoms with Crippen molar-refractivity contribution < 1.29 is 4.74 Å². The normalized spacial score (nSPS) is 30.2. The number of rotatable bonds is 5. The fraction of sp³-hybridized carbons (Fsp3) is 1.00. The maximum Gasteiger partial charge on any atom is 0.0601 e. The Bertz CT molecular complexity index is 146. The highest BCUT2D eigenvalue weighted by Gasteiger charge is 2.31. The van der Waals surface area contributed by atoms with Crippen LogP contribution in [0.1, 0.15) is 19.8 Å². The third kappa shape index (κ3) is 2.93. The molecule has 0 aliphatic heterocycles. The SMILES string of the molecule is CN[C@H](C)CN(C)[C@H]1C[C@H](OC)C1. The van der Waals surface area contributed by atoms with E-state index in [9.17, 15) is 0 Å². The predicted molar refractivity (Wildman–Crippen MR) is 55.0 cm³/mol. The molecule has 0 aromatic heterocycles. The number of nitrogens with zero attached hydrogens (tertiary/aromatic N) is 1. The largest absolute Gasteiger partial charge is 0.381 e. The number of nitrogens with one attached hydrogen (secondary N) is 1. The minimum Gasteiger partial charge on any atom is -0.381 e. The summed E-state index contributed by atoms with van der Waals surface area (Å²) in [7, 11) is 6.01. The third-order valence-corrected chi connectivity index (χ3v) is 3.08. The highest BCUT2D eigenvalue weighted by Crippen LogP contribution is 2.26. The van der Waals surface area contributed by atoms with Crippen molar-refractivity contribution in [1.29, 1.82) is 0 Å². The van der Waals surface area contributed by atoms with Gasteiger partial charge < -0.3 is 15.0 Å². The zero-order chi connectivity index (χ0) is 9.84. The van der Waals surface area contributed by atoms with Crippen LogP contribution in [0.2, 0.25) is 0 Å². The molecule has 1 saturated carbocycles. The summed E-state index contributed by atoms with van der Waals surface area (Å²) in [6, 6.07) is 1.31. The molecule has 0 saturated heterocycles. The van der Waals surface area contributed by atoms with E-state index >= 15 is 0 Å². The van der Waals surface area contributed by atoms with Crippen LogP contribution in [0.15, 0.2) is 0 Å². The lowest BCUT2D eigenvalue weighted by Gasteiger charge is -2.41. The lowest BCUT2D eigenvalue weighted by Crippen LogP contribution is -2.49. The molecule has 78 valence electrons. The summed E-state index contributed by atoms with van der Waals surface area (Å²) >= 11 is 0. The fourth-order valence-electron chi connectivity index (χ4n) is 1.76. The van der Waals surface area contributed by atoms with Crippen molar-refractivity contribution in [2.24, 2.45) is 0 Å². The lowest BCUT2D eigenvalue weighted by molar-refractivity contribution is -0.0208. The van der Waals surface area contributed by atoms with E-state index in [0.717, 1.165) is 12.6 Å². The topological polar surface area (TPSA) is 24.5 Å². The molecular weight excluding hydrogens is 164 g/mol. The Kier molecular flexibility index (Phi) is 4.16. The van der Waals surface area contributed by atoms with Crippen molar-refractivity contribution >= 4 is 0 Å². The first-order valence-electron chi connectivity index (χ1n) is 5.07. The van der Waals surface area contributed by atoms with Crippen LogP contribution in [-0.2, 0) is 4.74 Å². The van der Waals surface area contributed by atoms with Gasteiger partial charge in [0.15, 0.2) is 0 Å². The maximum atomic E-state index is 5.26. The molecule has 1 rings (SSSR count). The van der Waals surface area contributed by atoms with Crippen molar-refractivity contribution in [3.05, 3.63) is 0 Å². The molecule has 3 nitrogen and oxygen atoms in total. The smallest absolute Gasteiger partial charge is 0.0601 e. The summed E-state index contributed by atoms with van der Waals surface area (Å²) in [6.07, 6.45) is 2.91. The van der Waals surface area contributed by atoms with Crippen LogP contribution < -0.4 is 5.32 Å². The minimum absolute atomic E-state index is 0.511. The van der Waals surface area contributed by atoms with Gasteiger partial charge in [0.25, 0.3) is 0 Å². The molecule has 1 fully saturated rings. The summed E-state index contributed by atoms with van der Waals surface area (Å²) in [5, 5.41) is 3.25. The quantitative estimate of drug-likeness (QED) is 0.684. The van der Waals surface area contributed by atoms with Crippen LogP contribution in [0.25, 0.3) is 0 Å². The first kappa shape index (κ1) is 11.0. The molecule has 0 bridgehead atoms. The zero-order valence-corrected chi connectivity index (χ0v) is 9.21. The van der Waals surface area contributed by atoms with Gasteiger partial charge in [-0.05, 0) is 33.9 Å². The van der Waals surface area contributed by atoms with Gasteiger partial charge in [-0.1, -0.05) is 0 Å². The van der Waals surface area contributed by atoms with E-state index in [-0.39, 0.29) is 0 Å². The van der Waals surface area contributed by atoms with Gasteiger partial charge in [-0.2, -0.15) is 0 Å². The van der Waals surface area contributed by atoms with E-state index in [1.54, 1.807) is 7.11 Å². The number of ether oxygens (including phenoxy) is 1. The summed E-state index contributed by atoms with van der Waals surface area (Å²) in [6.45, 7) is 3.33. The first-order valence-corrected chi connectivity index (χ1v) is 5.07. The summed E-state index contributed by atoms with van der Waals surface area (Å²) in [5.41, 5.74) is 0. The van der Waals surface area contributed by atoms with Crippen molar-refractivity contribution in [1.82, 2.24) is 10.2 Å². The van der Waals surface area contributed by atoms with Gasteiger partial charge >= 0.3 is 0 Å². The monoisotopic (exact) mass is 186 g/mol. The summed E-state index contributed by atoms with van der Waals surface area (Å²) < 4.78 is 5.26. The van der Waals surface area contributed by atoms with Crippen molar-refractivity contribution in [2.75, 3.05) is 27.7 Å². The van der Waals surface area contributed by atoms with Crippen molar-refractivity contribution in [3.8, 4) is 0 Å². The van der Waals surface area contributed by atoms with Crippen LogP contribution in [0.5, 0.6) is 0 Å². The summed E-state index contributed by atoms with van der Waals surface area (Å²) in [5.74, 6) is 0. The van der Waals surface area contributed by atoms with Gasteiger partial charge in [-0.15, -0.1) is 0 Å². The van der Waals surface area contributed by atoms with E-state index in [2.05, 4.69) is 24.2 Å². The second-order valence-electron chi connectivity index (χ2n) is 4.11. The standard InChI is InChI=1S/C10H22N2O/c1-8(11-2)7-12(3)9-5-10(6-9)13-4/h8-11H,5-7H2,1-4H3/t8-,9-,10-/m1/s1. The number of hydrogen-bond acceptors (Lipinski definition) is 3. The van der Waals surface area contributed by atoms with Crippen LogP contribution in [0.4, 0.5) is 0 Å². The Morgan fingerprint density at radius 3 is 2.62 bits per heavy atom. The molecule has 0 aromatic carbocycles. The van der Waals surface area contributed by atoms with Crippen LogP contribution in [-0.4, -0.2) is 50.8 Å². The van der Waals surface area contributed by atoms with E-state index in [4.69, 9.17) is 4.74 Å². The van der Waals surface area contributed by atoms with Crippen molar-refractivity contribution in [2.45, 2.75) is 38.0 Å². The Labute approximate surface area is 81.4 Å². The Hall–Kier alpha value is -0.120. The molecule has 3 heteroatoms. The molecule has 13 heavy (non-hydrogen) atoms. The molecular formula is C10H22N2O. The average Bonchev–Trinajstić information content (AvgIpc) is 2.02. The van der Waals surface area contributed by atoms with E-state index in [1.165, 1.54) is 12.8 Å². The maximum absolute atomic E-state index is 5.26. The molecule has 1 N–H and O–H groups in total. The minimum atomic E-state index is 0.511. The van der Waals surface area contributed by atoms with E-state index in [0.29, 0.717) is 12.1 Å². The average molecular weight is 186 g/mol. The molecule has 0 aromatic rings. The Balaban J connectivity index is 2.15. The molecule has 1 aliphatic carbocycles. The second kappa shape index (κ2) is 4.94. The van der Waals surface area contributed by atoms with Crippen LogP contribution in [0.3, 0.4) is 0 Å². The third-order valence-electron chi connectivity index (χ3n) is 3.08. The first-order chi connectivity index (χ1) is 6.17. The molecule has 1 aliphatic rings. The molecule has 0 amide bonds. The van der Waals surface area contributed by atoms with Crippen LogP contribution in [0, 0.1) is 0 Å². The molecule has 0 unspecified atom stereocenters. The second-order valence-corrected chi connectivity index (χ2v) is 4.11. The van der Waals surface area contributed by atoms with Gasteiger partial charge in [-0.3, -0.25) is 0 Å². The summed E-state index contributed by atoms with van der Waals surface area (Å²) in [4.78, 5) is 2.43. The number of methoxy groups -OCH3 is 1. The van der Waals surface area contributed by atoms with Crippen LogP contribution >= 0.6 is 0 Å². The highest BCUT2D eigenvalue weighted by molar-refractivity contribution is 4.87. The van der Waals surface area contributed by atoms with Gasteiger partial charge in [-0.25, -0.2) is 0 Å². The highest BCUT2D eigenvalue weighted by atomic mass is 16.5. The molecule has 1 atom stereocenters. The molecule has 0 heterocycles. The Morgan fingerprint density at radius 1 is 1.54 bits per heavy atom. The predicted octanol–water partition coefficient (Wildman–Crippen LogP) is 0.703. The lowest BCUT2D eigenvalue weighted by atomic mass is 9.88. The zero-order valence-electron chi connectivity index (χ0n) is 9.21. The van der Waals surface area contributed by atoms with E-state index < -0.39 is 0 Å².